The predicted octanol–water partition coefficient (Wildman–Crippen LogP) is 4.38. The van der Waals surface area contributed by atoms with Crippen LogP contribution in [0.4, 0.5) is 4.39 Å². The number of hydrogen-bond acceptors (Lipinski definition) is 2. The summed E-state index contributed by atoms with van der Waals surface area (Å²) in [7, 11) is 0. The Balaban J connectivity index is 2.43. The fourth-order valence-electron chi connectivity index (χ4n) is 1.95. The van der Waals surface area contributed by atoms with Crippen LogP contribution in [-0.2, 0) is 0 Å². The first-order valence-electron chi connectivity index (χ1n) is 6.35. The van der Waals surface area contributed by atoms with E-state index in [1.165, 1.54) is 12.1 Å². The van der Waals surface area contributed by atoms with Gasteiger partial charge >= 0.3 is 0 Å². The second-order valence-electron chi connectivity index (χ2n) is 4.80. The van der Waals surface area contributed by atoms with E-state index in [0.717, 1.165) is 11.3 Å². The van der Waals surface area contributed by atoms with E-state index >= 15 is 0 Å². The van der Waals surface area contributed by atoms with Gasteiger partial charge in [-0.2, -0.15) is 0 Å². The Labute approximate surface area is 123 Å². The number of nitrogens with two attached hydrogens (primary N) is 1. The van der Waals surface area contributed by atoms with Gasteiger partial charge in [-0.25, -0.2) is 4.39 Å². The molecule has 0 atom stereocenters. The van der Waals surface area contributed by atoms with Gasteiger partial charge in [0.15, 0.2) is 0 Å². The molecule has 4 heteroatoms. The number of rotatable bonds is 4. The quantitative estimate of drug-likeness (QED) is 0.849. The summed E-state index contributed by atoms with van der Waals surface area (Å²) in [6.45, 7) is 4.17. The van der Waals surface area contributed by atoms with Gasteiger partial charge in [-0.3, -0.25) is 0 Å². The van der Waals surface area contributed by atoms with E-state index in [-0.39, 0.29) is 4.99 Å². The van der Waals surface area contributed by atoms with Crippen LogP contribution < -0.4 is 10.5 Å². The van der Waals surface area contributed by atoms with E-state index in [2.05, 4.69) is 13.8 Å². The number of hydrogen-bond donors (Lipinski definition) is 1. The SMILES string of the molecule is CC(C)c1ccccc1Oc1ccc(F)cc1C(N)=S. The van der Waals surface area contributed by atoms with Crippen molar-refractivity contribution in [3.05, 3.63) is 59.4 Å². The smallest absolute Gasteiger partial charge is 0.137 e. The molecule has 2 rings (SSSR count). The number of benzene rings is 2. The second kappa shape index (κ2) is 6.01. The molecule has 2 N–H and O–H groups in total. The lowest BCUT2D eigenvalue weighted by Crippen LogP contribution is -2.11. The van der Waals surface area contributed by atoms with Crippen molar-refractivity contribution in [1.29, 1.82) is 0 Å². The summed E-state index contributed by atoms with van der Waals surface area (Å²) in [6.07, 6.45) is 0. The Morgan fingerprint density at radius 1 is 1.15 bits per heavy atom. The molecule has 0 aromatic heterocycles. The maximum Gasteiger partial charge on any atom is 0.137 e. The molecule has 0 amide bonds. The molecule has 0 heterocycles. The van der Waals surface area contributed by atoms with Crippen LogP contribution >= 0.6 is 12.2 Å². The van der Waals surface area contributed by atoms with Crippen LogP contribution in [0.2, 0.25) is 0 Å². The van der Waals surface area contributed by atoms with Gasteiger partial charge in [0, 0.05) is 0 Å². The molecule has 0 aliphatic rings. The van der Waals surface area contributed by atoms with Gasteiger partial charge < -0.3 is 10.5 Å². The fourth-order valence-corrected chi connectivity index (χ4v) is 2.11. The largest absolute Gasteiger partial charge is 0.456 e. The lowest BCUT2D eigenvalue weighted by Gasteiger charge is -2.15. The van der Waals surface area contributed by atoms with Gasteiger partial charge in [-0.15, -0.1) is 0 Å². The first-order valence-corrected chi connectivity index (χ1v) is 6.76. The zero-order valence-corrected chi connectivity index (χ0v) is 12.2. The summed E-state index contributed by atoms with van der Waals surface area (Å²) in [4.78, 5) is 0.113. The maximum absolute atomic E-state index is 13.3. The molecule has 0 bridgehead atoms. The molecule has 0 aliphatic heterocycles. The Hall–Kier alpha value is -1.94. The minimum absolute atomic E-state index is 0.113. The number of para-hydroxylation sites is 1. The summed E-state index contributed by atoms with van der Waals surface area (Å²) in [5.41, 5.74) is 7.10. The zero-order chi connectivity index (χ0) is 14.7. The molecule has 0 fully saturated rings. The molecule has 0 spiro atoms. The van der Waals surface area contributed by atoms with Gasteiger partial charge in [0.2, 0.25) is 0 Å². The van der Waals surface area contributed by atoms with Crippen molar-refractivity contribution in [2.24, 2.45) is 5.73 Å². The van der Waals surface area contributed by atoms with Crippen molar-refractivity contribution in [2.45, 2.75) is 19.8 Å². The summed E-state index contributed by atoms with van der Waals surface area (Å²) in [6, 6.07) is 11.9. The summed E-state index contributed by atoms with van der Waals surface area (Å²) in [5, 5.41) is 0. The normalized spacial score (nSPS) is 10.6. The molecule has 2 aromatic carbocycles. The highest BCUT2D eigenvalue weighted by molar-refractivity contribution is 7.80. The summed E-state index contributed by atoms with van der Waals surface area (Å²) in [5.74, 6) is 1.12. The number of halogens is 1. The Bertz CT molecular complexity index is 640. The van der Waals surface area contributed by atoms with Crippen LogP contribution in [0.3, 0.4) is 0 Å². The number of ether oxygens (including phenoxy) is 1. The second-order valence-corrected chi connectivity index (χ2v) is 5.24. The molecule has 0 radical (unpaired) electrons. The maximum atomic E-state index is 13.3. The van der Waals surface area contributed by atoms with Gasteiger partial charge in [-0.05, 0) is 35.7 Å². The van der Waals surface area contributed by atoms with Gasteiger partial charge in [0.05, 0.1) is 5.56 Å². The van der Waals surface area contributed by atoms with Crippen LogP contribution in [0.5, 0.6) is 11.5 Å². The minimum atomic E-state index is -0.391. The number of thiocarbonyl (C=S) groups is 1. The van der Waals surface area contributed by atoms with Crippen molar-refractivity contribution >= 4 is 17.2 Å². The van der Waals surface area contributed by atoms with Crippen LogP contribution in [-0.4, -0.2) is 4.99 Å². The van der Waals surface area contributed by atoms with E-state index in [1.54, 1.807) is 6.07 Å². The Morgan fingerprint density at radius 3 is 2.50 bits per heavy atom. The molecule has 104 valence electrons. The van der Waals surface area contributed by atoms with E-state index < -0.39 is 5.82 Å². The van der Waals surface area contributed by atoms with Crippen molar-refractivity contribution in [2.75, 3.05) is 0 Å². The average Bonchev–Trinajstić information content (AvgIpc) is 2.41. The third-order valence-corrected chi connectivity index (χ3v) is 3.19. The van der Waals surface area contributed by atoms with E-state index in [0.29, 0.717) is 17.2 Å². The standard InChI is InChI=1S/C16H16FNOS/c1-10(2)12-5-3-4-6-14(12)19-15-8-7-11(17)9-13(15)16(18)20/h3-10H,1-2H3,(H2,18,20). The molecule has 2 nitrogen and oxygen atoms in total. The van der Waals surface area contributed by atoms with E-state index in [4.69, 9.17) is 22.7 Å². The highest BCUT2D eigenvalue weighted by atomic mass is 32.1. The van der Waals surface area contributed by atoms with Crippen LogP contribution in [0.15, 0.2) is 42.5 Å². The van der Waals surface area contributed by atoms with Crippen molar-refractivity contribution in [1.82, 2.24) is 0 Å². The minimum Gasteiger partial charge on any atom is -0.456 e. The molecule has 2 aromatic rings. The molecule has 0 aliphatic carbocycles. The molecule has 0 saturated carbocycles. The lowest BCUT2D eigenvalue weighted by molar-refractivity contribution is 0.470. The topological polar surface area (TPSA) is 35.2 Å². The van der Waals surface area contributed by atoms with Crippen molar-refractivity contribution in [3.63, 3.8) is 0 Å². The van der Waals surface area contributed by atoms with E-state index in [9.17, 15) is 4.39 Å². The highest BCUT2D eigenvalue weighted by Crippen LogP contribution is 2.32. The molecular formula is C16H16FNOS. The Morgan fingerprint density at radius 2 is 1.85 bits per heavy atom. The van der Waals surface area contributed by atoms with Crippen LogP contribution in [0.25, 0.3) is 0 Å². The third kappa shape index (κ3) is 3.14. The van der Waals surface area contributed by atoms with Gasteiger partial charge in [0.25, 0.3) is 0 Å². The summed E-state index contributed by atoms with van der Waals surface area (Å²) < 4.78 is 19.2. The van der Waals surface area contributed by atoms with E-state index in [1.807, 2.05) is 24.3 Å². The first kappa shape index (κ1) is 14.5. The van der Waals surface area contributed by atoms with Gasteiger partial charge in [-0.1, -0.05) is 44.3 Å². The molecular weight excluding hydrogens is 273 g/mol. The zero-order valence-electron chi connectivity index (χ0n) is 11.4. The molecule has 0 unspecified atom stereocenters. The van der Waals surface area contributed by atoms with Gasteiger partial charge in [0.1, 0.15) is 22.3 Å². The van der Waals surface area contributed by atoms with Crippen LogP contribution in [0, 0.1) is 5.82 Å². The van der Waals surface area contributed by atoms with Crippen LogP contribution in [0.1, 0.15) is 30.9 Å². The highest BCUT2D eigenvalue weighted by Gasteiger charge is 2.12. The first-order chi connectivity index (χ1) is 9.49. The molecule has 20 heavy (non-hydrogen) atoms. The van der Waals surface area contributed by atoms with Crippen molar-refractivity contribution < 1.29 is 9.13 Å². The predicted molar refractivity (Wildman–Crippen MR) is 82.9 cm³/mol. The molecule has 0 saturated heterocycles. The average molecular weight is 289 g/mol. The summed E-state index contributed by atoms with van der Waals surface area (Å²) >= 11 is 4.94. The van der Waals surface area contributed by atoms with Crippen molar-refractivity contribution in [3.8, 4) is 11.5 Å². The monoisotopic (exact) mass is 289 g/mol. The Kier molecular flexibility index (Phi) is 4.35. The lowest BCUT2D eigenvalue weighted by atomic mass is 10.0. The third-order valence-electron chi connectivity index (χ3n) is 2.97. The fraction of sp³-hybridized carbons (Fsp3) is 0.188.